The van der Waals surface area contributed by atoms with E-state index < -0.39 is 52.9 Å². The second-order valence-electron chi connectivity index (χ2n) is 11.2. The lowest BCUT2D eigenvalue weighted by Crippen LogP contribution is -2.58. The molecule has 3 aromatic rings. The minimum absolute atomic E-state index is 0. The molecule has 0 unspecified atom stereocenters. The van der Waals surface area contributed by atoms with E-state index in [-0.39, 0.29) is 57.0 Å². The molecule has 15 heteroatoms. The van der Waals surface area contributed by atoms with Crippen LogP contribution in [0.1, 0.15) is 39.9 Å². The van der Waals surface area contributed by atoms with Crippen molar-refractivity contribution in [2.45, 2.75) is 37.7 Å². The molecule has 2 aliphatic heterocycles. The molecule has 2 aliphatic rings. The monoisotopic (exact) mass is 660 g/mol. The molecule has 5 rings (SSSR count). The van der Waals surface area contributed by atoms with Gasteiger partial charge in [-0.25, -0.2) is 0 Å². The Hall–Kier alpha value is -3.78. The minimum Gasteiger partial charge on any atom is -0.481 e. The Morgan fingerprint density at radius 1 is 0.889 bits per heavy atom. The van der Waals surface area contributed by atoms with Crippen LogP contribution in [0.15, 0.2) is 48.7 Å². The molecule has 1 aromatic heterocycles. The van der Waals surface area contributed by atoms with Crippen LogP contribution in [-0.4, -0.2) is 87.9 Å². The Kier molecular flexibility index (Phi) is 10.1. The van der Waals surface area contributed by atoms with Crippen LogP contribution >= 0.6 is 12.4 Å². The first kappa shape index (κ1) is 34.1. The molecular formula is C30H31ClF6N4O4. The summed E-state index contributed by atoms with van der Waals surface area (Å²) in [4.78, 5) is 45.8. The third-order valence-corrected chi connectivity index (χ3v) is 8.35. The third kappa shape index (κ3) is 7.72. The Morgan fingerprint density at radius 2 is 1.51 bits per heavy atom. The van der Waals surface area contributed by atoms with E-state index >= 15 is 0 Å². The van der Waals surface area contributed by atoms with Gasteiger partial charge in [0.2, 0.25) is 5.91 Å². The van der Waals surface area contributed by atoms with Crippen LogP contribution in [0.3, 0.4) is 0 Å². The van der Waals surface area contributed by atoms with E-state index in [0.717, 1.165) is 16.5 Å². The molecule has 0 saturated carbocycles. The van der Waals surface area contributed by atoms with Crippen molar-refractivity contribution in [1.82, 2.24) is 19.7 Å². The molecule has 8 nitrogen and oxygen atoms in total. The van der Waals surface area contributed by atoms with Gasteiger partial charge in [0.05, 0.1) is 23.6 Å². The van der Waals surface area contributed by atoms with Crippen LogP contribution in [0.4, 0.5) is 26.3 Å². The molecule has 2 N–H and O–H groups in total. The number of hydrogen-bond acceptors (Lipinski definition) is 4. The number of rotatable bonds is 6. The quantitative estimate of drug-likeness (QED) is 0.349. The fraction of sp³-hybridized carbons (Fsp3) is 0.433. The summed E-state index contributed by atoms with van der Waals surface area (Å²) in [5, 5.41) is 10.1. The second-order valence-corrected chi connectivity index (χ2v) is 11.2. The molecule has 3 heterocycles. The largest absolute Gasteiger partial charge is 0.481 e. The Morgan fingerprint density at radius 3 is 2.11 bits per heavy atom. The van der Waals surface area contributed by atoms with Crippen LogP contribution in [0, 0.1) is 5.92 Å². The van der Waals surface area contributed by atoms with E-state index in [0.29, 0.717) is 38.1 Å². The Labute approximate surface area is 260 Å². The summed E-state index contributed by atoms with van der Waals surface area (Å²) in [6.45, 7) is 0.851. The molecule has 0 radical (unpaired) electrons. The number of amides is 2. The van der Waals surface area contributed by atoms with Crippen molar-refractivity contribution in [1.29, 1.82) is 0 Å². The number of aliphatic carboxylic acids is 1. The van der Waals surface area contributed by atoms with Crippen molar-refractivity contribution in [3.05, 3.63) is 70.9 Å². The molecule has 0 bridgehead atoms. The van der Waals surface area contributed by atoms with Crippen LogP contribution in [-0.2, 0) is 28.4 Å². The molecule has 2 saturated heterocycles. The molecular weight excluding hydrogens is 630 g/mol. The van der Waals surface area contributed by atoms with E-state index in [1.165, 1.54) is 4.90 Å². The van der Waals surface area contributed by atoms with Crippen molar-refractivity contribution in [3.8, 4) is 0 Å². The van der Waals surface area contributed by atoms with Gasteiger partial charge in [-0.3, -0.25) is 19.3 Å². The lowest BCUT2D eigenvalue weighted by Gasteiger charge is -2.42. The summed E-state index contributed by atoms with van der Waals surface area (Å²) in [5.41, 5.74) is -2.24. The summed E-state index contributed by atoms with van der Waals surface area (Å²) in [7, 11) is 0. The Bertz CT molecular complexity index is 1520. The average Bonchev–Trinajstić information content (AvgIpc) is 3.38. The van der Waals surface area contributed by atoms with Crippen LogP contribution < -0.4 is 0 Å². The summed E-state index contributed by atoms with van der Waals surface area (Å²) >= 11 is 0. The number of halogens is 7. The molecule has 0 aliphatic carbocycles. The number of alkyl halides is 6. The number of carbonyl (C=O) groups is 3. The predicted molar refractivity (Wildman–Crippen MR) is 154 cm³/mol. The number of nitrogens with one attached hydrogen (secondary N) is 1. The fourth-order valence-corrected chi connectivity index (χ4v) is 5.97. The number of fused-ring (bicyclic) bond motifs is 1. The second kappa shape index (κ2) is 13.3. The van der Waals surface area contributed by atoms with E-state index in [9.17, 15) is 45.8 Å². The van der Waals surface area contributed by atoms with E-state index in [4.69, 9.17) is 0 Å². The highest BCUT2D eigenvalue weighted by molar-refractivity contribution is 5.95. The highest BCUT2D eigenvalue weighted by Crippen LogP contribution is 2.37. The summed E-state index contributed by atoms with van der Waals surface area (Å²) in [6, 6.07) is 7.56. The standard InChI is InChI=1S/C30H30F6N4O4.ClH/c31-29(32,33)21-11-19(12-22(14-21)30(34,35)36)27(42)40-10-9-38(17-26(41)39-7-5-18(6-8-39)28(43)44)16-23(40)13-20-15-37-25-4-2-1-3-24(20)25;/h1-4,11-12,14-15,18,23,37H,5-10,13,16-17H2,(H,43,44);1H/t23-;/m1./s1. The van der Waals surface area contributed by atoms with Crippen molar-refractivity contribution < 1.29 is 45.8 Å². The lowest BCUT2D eigenvalue weighted by molar-refractivity contribution is -0.146. The van der Waals surface area contributed by atoms with E-state index in [2.05, 4.69) is 4.98 Å². The van der Waals surface area contributed by atoms with Gasteiger partial charge in [-0.15, -0.1) is 12.4 Å². The van der Waals surface area contributed by atoms with Crippen LogP contribution in [0.25, 0.3) is 10.9 Å². The first-order chi connectivity index (χ1) is 20.7. The normalized spacial score (nSPS) is 18.6. The maximum Gasteiger partial charge on any atom is 0.416 e. The van der Waals surface area contributed by atoms with Gasteiger partial charge in [0.1, 0.15) is 0 Å². The van der Waals surface area contributed by atoms with Gasteiger partial charge >= 0.3 is 18.3 Å². The van der Waals surface area contributed by atoms with Gasteiger partial charge in [-0.05, 0) is 49.1 Å². The molecule has 45 heavy (non-hydrogen) atoms. The Balaban J connectivity index is 0.00000461. The number of hydrogen-bond donors (Lipinski definition) is 2. The average molecular weight is 661 g/mol. The topological polar surface area (TPSA) is 96.9 Å². The number of carboxylic acids is 1. The summed E-state index contributed by atoms with van der Waals surface area (Å²) < 4.78 is 81.2. The molecule has 244 valence electrons. The number of para-hydroxylation sites is 1. The zero-order valence-corrected chi connectivity index (χ0v) is 24.6. The summed E-state index contributed by atoms with van der Waals surface area (Å²) in [6.07, 6.45) is -7.55. The van der Waals surface area contributed by atoms with Crippen molar-refractivity contribution in [2.75, 3.05) is 39.3 Å². The molecule has 2 aromatic carbocycles. The number of likely N-dealkylation sites (tertiary alicyclic amines) is 1. The molecule has 2 fully saturated rings. The zero-order chi connectivity index (χ0) is 31.8. The van der Waals surface area contributed by atoms with Gasteiger partial charge in [0.25, 0.3) is 5.91 Å². The van der Waals surface area contributed by atoms with Crippen molar-refractivity contribution in [2.24, 2.45) is 5.92 Å². The number of carbonyl (C=O) groups excluding carboxylic acids is 2. The minimum atomic E-state index is -5.10. The van der Waals surface area contributed by atoms with Gasteiger partial charge in [-0.2, -0.15) is 26.3 Å². The number of nitrogens with zero attached hydrogens (tertiary/aromatic N) is 3. The number of benzene rings is 2. The fourth-order valence-electron chi connectivity index (χ4n) is 5.97. The number of piperidine rings is 1. The van der Waals surface area contributed by atoms with Crippen LogP contribution in [0.5, 0.6) is 0 Å². The van der Waals surface area contributed by atoms with Crippen LogP contribution in [0.2, 0.25) is 0 Å². The first-order valence-corrected chi connectivity index (χ1v) is 14.1. The maximum atomic E-state index is 13.7. The zero-order valence-electron chi connectivity index (χ0n) is 23.8. The highest BCUT2D eigenvalue weighted by atomic mass is 35.5. The van der Waals surface area contributed by atoms with E-state index in [1.807, 2.05) is 29.2 Å². The smallest absolute Gasteiger partial charge is 0.416 e. The van der Waals surface area contributed by atoms with Gasteiger partial charge in [0, 0.05) is 61.4 Å². The van der Waals surface area contributed by atoms with Crippen molar-refractivity contribution in [3.63, 3.8) is 0 Å². The molecule has 2 amide bonds. The third-order valence-electron chi connectivity index (χ3n) is 8.35. The lowest BCUT2D eigenvalue weighted by atomic mass is 9.97. The number of H-pyrrole nitrogens is 1. The highest BCUT2D eigenvalue weighted by Gasteiger charge is 2.39. The van der Waals surface area contributed by atoms with Gasteiger partial charge < -0.3 is 19.9 Å². The van der Waals surface area contributed by atoms with Crippen molar-refractivity contribution >= 4 is 41.1 Å². The number of aromatic nitrogens is 1. The van der Waals surface area contributed by atoms with Gasteiger partial charge in [0.15, 0.2) is 0 Å². The maximum absolute atomic E-state index is 13.7. The van der Waals surface area contributed by atoms with Gasteiger partial charge in [-0.1, -0.05) is 18.2 Å². The number of carboxylic acid groups (broad SMARTS) is 1. The molecule has 0 spiro atoms. The molecule has 1 atom stereocenters. The van der Waals surface area contributed by atoms with E-state index in [1.54, 1.807) is 11.1 Å². The summed E-state index contributed by atoms with van der Waals surface area (Å²) in [5.74, 6) is -2.59. The first-order valence-electron chi connectivity index (χ1n) is 14.1. The SMILES string of the molecule is Cl.O=C(O)C1CCN(C(=O)CN2CCN(C(=O)c3cc(C(F)(F)F)cc(C(F)(F)F)c3)[C@H](Cc3c[nH]c4ccccc34)C2)CC1. The predicted octanol–water partition coefficient (Wildman–Crippen LogP) is 5.32. The number of aromatic amines is 1. The number of piperazine rings is 1.